The van der Waals surface area contributed by atoms with Gasteiger partial charge < -0.3 is 0 Å². The molecule has 0 radical (unpaired) electrons. The van der Waals surface area contributed by atoms with Crippen molar-refractivity contribution >= 4 is 21.8 Å². The first-order valence-corrected chi connectivity index (χ1v) is 6.79. The molecule has 0 atom stereocenters. The summed E-state index contributed by atoms with van der Waals surface area (Å²) in [5.41, 5.74) is 5.58. The second-order valence-corrected chi connectivity index (χ2v) is 4.57. The van der Waals surface area contributed by atoms with Crippen molar-refractivity contribution in [3.05, 3.63) is 47.3 Å². The fourth-order valence-corrected chi connectivity index (χ4v) is 2.37. The van der Waals surface area contributed by atoms with Gasteiger partial charge in [-0.25, -0.2) is 0 Å². The molecule has 0 aliphatic rings. The van der Waals surface area contributed by atoms with Crippen molar-refractivity contribution in [1.82, 2.24) is 9.97 Å². The minimum Gasteiger partial charge on any atom is -0.254 e. The molecule has 0 spiro atoms. The van der Waals surface area contributed by atoms with Crippen molar-refractivity contribution in [2.45, 2.75) is 34.6 Å². The van der Waals surface area contributed by atoms with E-state index in [1.165, 1.54) is 21.9 Å². The van der Waals surface area contributed by atoms with Crippen LogP contribution in [0.15, 0.2) is 30.5 Å². The minimum atomic E-state index is 1.01. The second kappa shape index (κ2) is 5.35. The molecule has 2 nitrogen and oxygen atoms in total. The lowest BCUT2D eigenvalue weighted by Crippen LogP contribution is -1.91. The molecule has 98 valence electrons. The van der Waals surface area contributed by atoms with E-state index in [9.17, 15) is 0 Å². The Morgan fingerprint density at radius 2 is 1.42 bits per heavy atom. The van der Waals surface area contributed by atoms with Gasteiger partial charge in [-0.2, -0.15) is 0 Å². The maximum atomic E-state index is 4.64. The first-order valence-electron chi connectivity index (χ1n) is 6.79. The summed E-state index contributed by atoms with van der Waals surface area (Å²) in [5, 5.41) is 2.39. The molecule has 0 fully saturated rings. The highest BCUT2D eigenvalue weighted by Crippen LogP contribution is 2.26. The van der Waals surface area contributed by atoms with Gasteiger partial charge in [0, 0.05) is 22.7 Å². The van der Waals surface area contributed by atoms with Crippen LogP contribution < -0.4 is 0 Å². The first kappa shape index (κ1) is 13.5. The topological polar surface area (TPSA) is 25.8 Å². The number of hydrogen-bond donors (Lipinski definition) is 0. The summed E-state index contributed by atoms with van der Waals surface area (Å²) in [6.07, 6.45) is 1.86. The zero-order chi connectivity index (χ0) is 14.0. The third-order valence-corrected chi connectivity index (χ3v) is 3.24. The Balaban J connectivity index is 0.000000637. The maximum Gasteiger partial charge on any atom is 0.0970 e. The summed E-state index contributed by atoms with van der Waals surface area (Å²) >= 11 is 0. The molecule has 2 heterocycles. The van der Waals surface area contributed by atoms with Crippen LogP contribution in [0.5, 0.6) is 0 Å². The van der Waals surface area contributed by atoms with Gasteiger partial charge in [0.25, 0.3) is 0 Å². The van der Waals surface area contributed by atoms with E-state index in [-0.39, 0.29) is 0 Å². The van der Waals surface area contributed by atoms with E-state index < -0.39 is 0 Å². The minimum absolute atomic E-state index is 1.01. The highest BCUT2D eigenvalue weighted by atomic mass is 14.7. The summed E-state index contributed by atoms with van der Waals surface area (Å²) < 4.78 is 0. The molecular formula is C17H20N2. The average Bonchev–Trinajstić information content (AvgIpc) is 2.41. The Kier molecular flexibility index (Phi) is 3.79. The number of nitrogens with zero attached hydrogens (tertiary/aromatic N) is 2. The fraction of sp³-hybridized carbons (Fsp3) is 0.294. The predicted octanol–water partition coefficient (Wildman–Crippen LogP) is 4.73. The van der Waals surface area contributed by atoms with Gasteiger partial charge in [0.1, 0.15) is 0 Å². The zero-order valence-corrected chi connectivity index (χ0v) is 12.3. The van der Waals surface area contributed by atoms with Crippen molar-refractivity contribution in [2.24, 2.45) is 0 Å². The molecule has 0 saturated carbocycles. The molecule has 0 bridgehead atoms. The Morgan fingerprint density at radius 1 is 0.789 bits per heavy atom. The zero-order valence-electron chi connectivity index (χ0n) is 12.3. The molecule has 19 heavy (non-hydrogen) atoms. The van der Waals surface area contributed by atoms with Gasteiger partial charge in [-0.3, -0.25) is 9.97 Å². The van der Waals surface area contributed by atoms with Crippen molar-refractivity contribution in [3.63, 3.8) is 0 Å². The Hall–Kier alpha value is -1.96. The lowest BCUT2D eigenvalue weighted by molar-refractivity contribution is 1.23. The molecule has 1 aromatic carbocycles. The number of rotatable bonds is 0. The standard InChI is InChI=1S/C15H14N2.C2H6/c1-9-6-7-16-14-12(9)4-5-13-10(2)8-11(3)17-15(13)14;1-2/h4-8H,1-3H3;1-2H3. The van der Waals surface area contributed by atoms with Crippen molar-refractivity contribution < 1.29 is 0 Å². The first-order chi connectivity index (χ1) is 9.16. The van der Waals surface area contributed by atoms with E-state index >= 15 is 0 Å². The highest BCUT2D eigenvalue weighted by molar-refractivity contribution is 6.04. The van der Waals surface area contributed by atoms with Crippen molar-refractivity contribution in [2.75, 3.05) is 0 Å². The Morgan fingerprint density at radius 3 is 2.11 bits per heavy atom. The second-order valence-electron chi connectivity index (χ2n) is 4.57. The molecule has 3 rings (SSSR count). The van der Waals surface area contributed by atoms with E-state index in [1.807, 2.05) is 33.0 Å². The average molecular weight is 252 g/mol. The van der Waals surface area contributed by atoms with E-state index in [4.69, 9.17) is 0 Å². The molecule has 0 amide bonds. The molecular weight excluding hydrogens is 232 g/mol. The van der Waals surface area contributed by atoms with E-state index in [0.717, 1.165) is 16.7 Å². The van der Waals surface area contributed by atoms with Gasteiger partial charge in [-0.05, 0) is 44.0 Å². The number of pyridine rings is 2. The van der Waals surface area contributed by atoms with Crippen LogP contribution in [0.2, 0.25) is 0 Å². The lowest BCUT2D eigenvalue weighted by atomic mass is 10.0. The lowest BCUT2D eigenvalue weighted by Gasteiger charge is -2.07. The number of hydrogen-bond acceptors (Lipinski definition) is 2. The fourth-order valence-electron chi connectivity index (χ4n) is 2.37. The number of benzene rings is 1. The van der Waals surface area contributed by atoms with Crippen LogP contribution in [0.4, 0.5) is 0 Å². The van der Waals surface area contributed by atoms with Crippen LogP contribution in [0, 0.1) is 20.8 Å². The van der Waals surface area contributed by atoms with Crippen LogP contribution in [-0.2, 0) is 0 Å². The molecule has 3 aromatic rings. The largest absolute Gasteiger partial charge is 0.254 e. The van der Waals surface area contributed by atoms with Crippen LogP contribution >= 0.6 is 0 Å². The predicted molar refractivity (Wildman–Crippen MR) is 82.6 cm³/mol. The van der Waals surface area contributed by atoms with Gasteiger partial charge in [0.15, 0.2) is 0 Å². The molecule has 0 saturated heterocycles. The SMILES string of the molecule is CC.Cc1cc(C)c2ccc3c(C)ccnc3c2n1. The van der Waals surface area contributed by atoms with Crippen LogP contribution in [0.25, 0.3) is 21.8 Å². The summed E-state index contributed by atoms with van der Waals surface area (Å²) in [6.45, 7) is 10.3. The van der Waals surface area contributed by atoms with Gasteiger partial charge in [-0.1, -0.05) is 26.0 Å². The van der Waals surface area contributed by atoms with E-state index in [1.54, 1.807) is 0 Å². The van der Waals surface area contributed by atoms with Gasteiger partial charge >= 0.3 is 0 Å². The molecule has 0 unspecified atom stereocenters. The third kappa shape index (κ3) is 2.30. The Bertz CT molecular complexity index is 730. The van der Waals surface area contributed by atoms with Crippen molar-refractivity contribution in [1.29, 1.82) is 0 Å². The van der Waals surface area contributed by atoms with Gasteiger partial charge in [0.05, 0.1) is 11.0 Å². The normalized spacial score (nSPS) is 10.4. The number of aryl methyl sites for hydroxylation is 3. The summed E-state index contributed by atoms with van der Waals surface area (Å²) in [5.74, 6) is 0. The van der Waals surface area contributed by atoms with Crippen LogP contribution in [-0.4, -0.2) is 9.97 Å². The maximum absolute atomic E-state index is 4.64. The van der Waals surface area contributed by atoms with Crippen LogP contribution in [0.3, 0.4) is 0 Å². The monoisotopic (exact) mass is 252 g/mol. The summed E-state index contributed by atoms with van der Waals surface area (Å²) in [7, 11) is 0. The smallest absolute Gasteiger partial charge is 0.0970 e. The quantitative estimate of drug-likeness (QED) is 0.540. The van der Waals surface area contributed by atoms with Crippen molar-refractivity contribution in [3.8, 4) is 0 Å². The van der Waals surface area contributed by atoms with Crippen LogP contribution in [0.1, 0.15) is 30.7 Å². The molecule has 2 heteroatoms. The molecule has 2 aromatic heterocycles. The Labute approximate surface area is 114 Å². The third-order valence-electron chi connectivity index (χ3n) is 3.24. The highest BCUT2D eigenvalue weighted by Gasteiger charge is 2.07. The van der Waals surface area contributed by atoms with E-state index in [0.29, 0.717) is 0 Å². The molecule has 0 aliphatic carbocycles. The van der Waals surface area contributed by atoms with E-state index in [2.05, 4.69) is 42.0 Å². The van der Waals surface area contributed by atoms with Gasteiger partial charge in [0.2, 0.25) is 0 Å². The molecule has 0 N–H and O–H groups in total. The summed E-state index contributed by atoms with van der Waals surface area (Å²) in [4.78, 5) is 9.13. The van der Waals surface area contributed by atoms with Gasteiger partial charge in [-0.15, -0.1) is 0 Å². The number of aromatic nitrogens is 2. The number of fused-ring (bicyclic) bond motifs is 3. The summed E-state index contributed by atoms with van der Waals surface area (Å²) in [6, 6.07) is 8.44. The molecule has 0 aliphatic heterocycles.